The lowest BCUT2D eigenvalue weighted by Crippen LogP contribution is -2.49. The normalized spacial score (nSPS) is 24.9. The van der Waals surface area contributed by atoms with Crippen LogP contribution in [0.2, 0.25) is 0 Å². The molecular formula is C14H20N2O2. The molecule has 2 unspecified atom stereocenters. The van der Waals surface area contributed by atoms with Crippen molar-refractivity contribution in [3.05, 3.63) is 35.9 Å². The molecule has 4 heteroatoms. The third-order valence-electron chi connectivity index (χ3n) is 3.47. The van der Waals surface area contributed by atoms with Crippen LogP contribution < -0.4 is 5.73 Å². The van der Waals surface area contributed by atoms with Crippen LogP contribution in [0.4, 0.5) is 0 Å². The van der Waals surface area contributed by atoms with Crippen molar-refractivity contribution < 1.29 is 9.90 Å². The Morgan fingerprint density at radius 3 is 2.72 bits per heavy atom. The second-order valence-corrected chi connectivity index (χ2v) is 5.03. The van der Waals surface area contributed by atoms with Crippen molar-refractivity contribution in [1.29, 1.82) is 0 Å². The smallest absolute Gasteiger partial charge is 0.307 e. The van der Waals surface area contributed by atoms with Crippen LogP contribution in [0.15, 0.2) is 30.3 Å². The second-order valence-electron chi connectivity index (χ2n) is 5.03. The van der Waals surface area contributed by atoms with E-state index in [1.54, 1.807) is 0 Å². The number of piperidine rings is 1. The van der Waals surface area contributed by atoms with Crippen molar-refractivity contribution in [3.63, 3.8) is 0 Å². The third kappa shape index (κ3) is 3.55. The van der Waals surface area contributed by atoms with Crippen LogP contribution in [0, 0.1) is 5.92 Å². The molecule has 1 fully saturated rings. The monoisotopic (exact) mass is 248 g/mol. The zero-order valence-electron chi connectivity index (χ0n) is 10.5. The fraction of sp³-hybridized carbons (Fsp3) is 0.500. The molecule has 0 aromatic heterocycles. The number of nitrogens with two attached hydrogens (primary N) is 1. The summed E-state index contributed by atoms with van der Waals surface area (Å²) in [4.78, 5) is 13.2. The highest BCUT2D eigenvalue weighted by atomic mass is 16.4. The van der Waals surface area contributed by atoms with E-state index >= 15 is 0 Å². The molecule has 0 bridgehead atoms. The Bertz CT molecular complexity index is 394. The minimum atomic E-state index is -0.727. The molecule has 3 N–H and O–H groups in total. The first-order valence-electron chi connectivity index (χ1n) is 6.40. The summed E-state index contributed by atoms with van der Waals surface area (Å²) in [6.45, 7) is 2.30. The molecule has 0 spiro atoms. The summed E-state index contributed by atoms with van der Waals surface area (Å²) in [7, 11) is 0. The van der Waals surface area contributed by atoms with Gasteiger partial charge in [-0.05, 0) is 18.4 Å². The van der Waals surface area contributed by atoms with E-state index in [0.29, 0.717) is 13.0 Å². The van der Waals surface area contributed by atoms with Crippen LogP contribution in [0.5, 0.6) is 0 Å². The first-order chi connectivity index (χ1) is 8.65. The maximum atomic E-state index is 11.0. The van der Waals surface area contributed by atoms with Crippen LogP contribution >= 0.6 is 0 Å². The predicted molar refractivity (Wildman–Crippen MR) is 70.3 cm³/mol. The highest BCUT2D eigenvalue weighted by Crippen LogP contribution is 2.16. The van der Waals surface area contributed by atoms with Crippen molar-refractivity contribution in [2.24, 2.45) is 11.7 Å². The van der Waals surface area contributed by atoms with Gasteiger partial charge in [0.25, 0.3) is 0 Å². The highest BCUT2D eigenvalue weighted by molar-refractivity contribution is 5.70. The Morgan fingerprint density at radius 1 is 1.33 bits per heavy atom. The molecular weight excluding hydrogens is 228 g/mol. The molecule has 0 radical (unpaired) electrons. The van der Waals surface area contributed by atoms with E-state index in [1.807, 2.05) is 18.2 Å². The van der Waals surface area contributed by atoms with Crippen LogP contribution in [-0.2, 0) is 11.2 Å². The van der Waals surface area contributed by atoms with Crippen molar-refractivity contribution in [1.82, 2.24) is 4.90 Å². The summed E-state index contributed by atoms with van der Waals surface area (Å²) >= 11 is 0. The average molecular weight is 248 g/mol. The quantitative estimate of drug-likeness (QED) is 0.833. The van der Waals surface area contributed by atoms with Crippen LogP contribution in [-0.4, -0.2) is 41.7 Å². The van der Waals surface area contributed by atoms with Crippen molar-refractivity contribution in [2.45, 2.75) is 18.9 Å². The van der Waals surface area contributed by atoms with Gasteiger partial charge in [0, 0.05) is 25.7 Å². The zero-order chi connectivity index (χ0) is 13.0. The summed E-state index contributed by atoms with van der Waals surface area (Å²) < 4.78 is 0. The van der Waals surface area contributed by atoms with Crippen molar-refractivity contribution in [3.8, 4) is 0 Å². The Kier molecular flexibility index (Phi) is 4.33. The number of hydrogen-bond donors (Lipinski definition) is 2. The fourth-order valence-corrected chi connectivity index (χ4v) is 2.53. The number of carboxylic acids is 1. The highest BCUT2D eigenvalue weighted by Gasteiger charge is 2.29. The predicted octanol–water partition coefficient (Wildman–Crippen LogP) is 0.963. The second kappa shape index (κ2) is 5.98. The van der Waals surface area contributed by atoms with Crippen LogP contribution in [0.25, 0.3) is 0 Å². The minimum Gasteiger partial charge on any atom is -0.481 e. The molecule has 1 saturated heterocycles. The van der Waals surface area contributed by atoms with Gasteiger partial charge in [0.2, 0.25) is 0 Å². The molecule has 1 aliphatic rings. The molecule has 0 aliphatic carbocycles. The van der Waals surface area contributed by atoms with E-state index in [4.69, 9.17) is 10.8 Å². The van der Waals surface area contributed by atoms with Crippen LogP contribution in [0.3, 0.4) is 0 Å². The van der Waals surface area contributed by atoms with Gasteiger partial charge in [0.05, 0.1) is 5.92 Å². The Morgan fingerprint density at radius 2 is 2.06 bits per heavy atom. The SMILES string of the molecule is NC1CC(C(=O)O)CN(CCc2ccccc2)C1. The molecule has 2 atom stereocenters. The van der Waals surface area contributed by atoms with Gasteiger partial charge in [0.15, 0.2) is 0 Å². The molecule has 4 nitrogen and oxygen atoms in total. The average Bonchev–Trinajstić information content (AvgIpc) is 2.37. The molecule has 1 aromatic rings. The largest absolute Gasteiger partial charge is 0.481 e. The summed E-state index contributed by atoms with van der Waals surface area (Å²) in [6.07, 6.45) is 1.54. The number of nitrogens with zero attached hydrogens (tertiary/aromatic N) is 1. The van der Waals surface area contributed by atoms with Gasteiger partial charge >= 0.3 is 5.97 Å². The summed E-state index contributed by atoms with van der Waals surface area (Å²) in [5.41, 5.74) is 7.20. The summed E-state index contributed by atoms with van der Waals surface area (Å²) in [5.74, 6) is -1.04. The summed E-state index contributed by atoms with van der Waals surface area (Å²) in [6, 6.07) is 10.2. The Hall–Kier alpha value is -1.39. The maximum Gasteiger partial charge on any atom is 0.307 e. The molecule has 2 rings (SSSR count). The number of carboxylic acid groups (broad SMARTS) is 1. The standard InChI is InChI=1S/C14H20N2O2/c15-13-8-12(14(17)18)9-16(10-13)7-6-11-4-2-1-3-5-11/h1-5,12-13H,6-10,15H2,(H,17,18). The van der Waals surface area contributed by atoms with Gasteiger partial charge in [-0.15, -0.1) is 0 Å². The van der Waals surface area contributed by atoms with E-state index in [9.17, 15) is 4.79 Å². The minimum absolute atomic E-state index is 0.0179. The van der Waals surface area contributed by atoms with Crippen LogP contribution in [0.1, 0.15) is 12.0 Å². The number of carbonyl (C=O) groups is 1. The fourth-order valence-electron chi connectivity index (χ4n) is 2.53. The first-order valence-corrected chi connectivity index (χ1v) is 6.40. The van der Waals surface area contributed by atoms with E-state index in [-0.39, 0.29) is 12.0 Å². The number of benzene rings is 1. The number of aliphatic carboxylic acids is 1. The number of likely N-dealkylation sites (tertiary alicyclic amines) is 1. The van der Waals surface area contributed by atoms with Gasteiger partial charge in [-0.1, -0.05) is 30.3 Å². The molecule has 0 saturated carbocycles. The zero-order valence-corrected chi connectivity index (χ0v) is 10.5. The van der Waals surface area contributed by atoms with Gasteiger partial charge in [-0.25, -0.2) is 0 Å². The van der Waals surface area contributed by atoms with E-state index in [1.165, 1.54) is 5.56 Å². The lowest BCUT2D eigenvalue weighted by atomic mass is 9.94. The molecule has 18 heavy (non-hydrogen) atoms. The number of rotatable bonds is 4. The maximum absolute atomic E-state index is 11.0. The molecule has 1 aliphatic heterocycles. The van der Waals surface area contributed by atoms with E-state index in [0.717, 1.165) is 19.5 Å². The third-order valence-corrected chi connectivity index (χ3v) is 3.47. The van der Waals surface area contributed by atoms with Gasteiger partial charge in [0.1, 0.15) is 0 Å². The Balaban J connectivity index is 1.87. The van der Waals surface area contributed by atoms with E-state index in [2.05, 4.69) is 17.0 Å². The lowest BCUT2D eigenvalue weighted by molar-refractivity contribution is -0.143. The van der Waals surface area contributed by atoms with Crippen molar-refractivity contribution in [2.75, 3.05) is 19.6 Å². The van der Waals surface area contributed by atoms with Crippen molar-refractivity contribution >= 4 is 5.97 Å². The number of hydrogen-bond acceptors (Lipinski definition) is 3. The van der Waals surface area contributed by atoms with Gasteiger partial charge < -0.3 is 15.7 Å². The molecule has 1 aromatic carbocycles. The Labute approximate surface area is 107 Å². The molecule has 1 heterocycles. The molecule has 0 amide bonds. The van der Waals surface area contributed by atoms with E-state index < -0.39 is 5.97 Å². The summed E-state index contributed by atoms with van der Waals surface area (Å²) in [5, 5.41) is 9.08. The van der Waals surface area contributed by atoms with Gasteiger partial charge in [-0.2, -0.15) is 0 Å². The first kappa shape index (κ1) is 13.1. The molecule has 98 valence electrons. The lowest BCUT2D eigenvalue weighted by Gasteiger charge is -2.34. The van der Waals surface area contributed by atoms with Gasteiger partial charge in [-0.3, -0.25) is 4.79 Å². The topological polar surface area (TPSA) is 66.6 Å².